The van der Waals surface area contributed by atoms with Gasteiger partial charge in [0.25, 0.3) is 10.1 Å². The predicted octanol–water partition coefficient (Wildman–Crippen LogP) is 3.16. The van der Waals surface area contributed by atoms with E-state index in [0.29, 0.717) is 12.8 Å². The molecule has 1 aromatic carbocycles. The summed E-state index contributed by atoms with van der Waals surface area (Å²) in [4.78, 5) is 10.4. The number of benzene rings is 1. The Morgan fingerprint density at radius 1 is 1.14 bits per heavy atom. The van der Waals surface area contributed by atoms with Crippen LogP contribution in [0.3, 0.4) is 0 Å². The molecule has 0 amide bonds. The highest BCUT2D eigenvalue weighted by Crippen LogP contribution is 2.24. The smallest absolute Gasteiger partial charge is 0.331 e. The van der Waals surface area contributed by atoms with Crippen LogP contribution in [0, 0.1) is 5.25 Å². The average molecular weight is 327 g/mol. The minimum absolute atomic E-state index is 0.272. The molecule has 5 nitrogen and oxygen atoms in total. The van der Waals surface area contributed by atoms with E-state index in [9.17, 15) is 13.2 Å². The van der Waals surface area contributed by atoms with Crippen LogP contribution in [0.25, 0.3) is 0 Å². The van der Waals surface area contributed by atoms with Gasteiger partial charge >= 0.3 is 5.97 Å². The quantitative estimate of drug-likeness (QED) is 0.499. The second kappa shape index (κ2) is 9.58. The third-order valence-electron chi connectivity index (χ3n) is 3.35. The van der Waals surface area contributed by atoms with Gasteiger partial charge in [0.1, 0.15) is 5.25 Å². The molecule has 1 rings (SSSR count). The van der Waals surface area contributed by atoms with Crippen LogP contribution in [-0.2, 0) is 25.5 Å². The van der Waals surface area contributed by atoms with E-state index in [1.807, 2.05) is 18.2 Å². The van der Waals surface area contributed by atoms with Gasteiger partial charge in [-0.25, -0.2) is 4.79 Å². The number of aryl methyl sites for hydroxylation is 1. The van der Waals surface area contributed by atoms with Gasteiger partial charge in [0.2, 0.25) is 0 Å². The van der Waals surface area contributed by atoms with E-state index in [2.05, 4.69) is 16.3 Å². The Bertz CT molecular complexity index is 539. The van der Waals surface area contributed by atoms with E-state index in [0.717, 1.165) is 25.7 Å². The molecule has 1 aromatic rings. The van der Waals surface area contributed by atoms with Crippen LogP contribution >= 0.6 is 0 Å². The lowest BCUT2D eigenvalue weighted by atomic mass is 10.1. The molecule has 0 aromatic heterocycles. The minimum atomic E-state index is -3.87. The molecule has 0 aliphatic heterocycles. The summed E-state index contributed by atoms with van der Waals surface area (Å²) in [6, 6.07) is 10.1. The van der Waals surface area contributed by atoms with Crippen molar-refractivity contribution in [3.05, 3.63) is 41.1 Å². The fourth-order valence-corrected chi connectivity index (χ4v) is 3.33. The summed E-state index contributed by atoms with van der Waals surface area (Å²) in [5.74, 6) is -1.29. The first kappa shape index (κ1) is 18.6. The molecule has 0 atom stereocenters. The largest absolute Gasteiger partial charge is 0.479 e. The van der Waals surface area contributed by atoms with Crippen molar-refractivity contribution in [1.29, 1.82) is 0 Å². The summed E-state index contributed by atoms with van der Waals surface area (Å²) in [7, 11) is -3.87. The fraction of sp³-hybridized carbons (Fsp3) is 0.500. The zero-order chi connectivity index (χ0) is 16.4. The normalized spacial score (nSPS) is 11.7. The van der Waals surface area contributed by atoms with E-state index >= 15 is 0 Å². The molecule has 1 radical (unpaired) electrons. The molecule has 0 saturated heterocycles. The third kappa shape index (κ3) is 7.04. The topological polar surface area (TPSA) is 80.7 Å². The van der Waals surface area contributed by atoms with Crippen molar-refractivity contribution in [3.63, 3.8) is 0 Å². The number of rotatable bonds is 11. The van der Waals surface area contributed by atoms with Crippen molar-refractivity contribution in [2.24, 2.45) is 0 Å². The van der Waals surface area contributed by atoms with Gasteiger partial charge in [-0.2, -0.15) is 8.42 Å². The molecular formula is C16H23O5S. The van der Waals surface area contributed by atoms with E-state index in [1.165, 1.54) is 5.56 Å². The highest BCUT2D eigenvalue weighted by Gasteiger charge is 2.26. The van der Waals surface area contributed by atoms with Crippen LogP contribution in [-0.4, -0.2) is 26.1 Å². The zero-order valence-electron chi connectivity index (χ0n) is 12.8. The number of hydrogen-bond acceptors (Lipinski definition) is 4. The Kier molecular flexibility index (Phi) is 8.12. The SMILES string of the molecule is CC[C](CCCCCc1ccccc1)S(=O)(=O)OCC(=O)O. The van der Waals surface area contributed by atoms with Crippen LogP contribution in [0.2, 0.25) is 0 Å². The Labute approximate surface area is 132 Å². The number of aliphatic carboxylic acids is 1. The molecule has 0 bridgehead atoms. The van der Waals surface area contributed by atoms with Crippen molar-refractivity contribution in [3.8, 4) is 0 Å². The molecule has 22 heavy (non-hydrogen) atoms. The van der Waals surface area contributed by atoms with Crippen LogP contribution in [0.4, 0.5) is 0 Å². The molecule has 123 valence electrons. The van der Waals surface area contributed by atoms with E-state index < -0.39 is 22.7 Å². The number of carboxylic acids is 1. The first-order valence-corrected chi connectivity index (χ1v) is 8.86. The molecule has 1 N–H and O–H groups in total. The first-order valence-electron chi connectivity index (χ1n) is 7.45. The monoisotopic (exact) mass is 327 g/mol. The van der Waals surface area contributed by atoms with Gasteiger partial charge in [-0.1, -0.05) is 50.1 Å². The Balaban J connectivity index is 2.30. The zero-order valence-corrected chi connectivity index (χ0v) is 13.6. The van der Waals surface area contributed by atoms with Crippen LogP contribution in [0.5, 0.6) is 0 Å². The summed E-state index contributed by atoms with van der Waals surface area (Å²) >= 11 is 0. The summed E-state index contributed by atoms with van der Waals surface area (Å²) in [5.41, 5.74) is 1.28. The molecule has 0 aliphatic carbocycles. The maximum Gasteiger partial charge on any atom is 0.331 e. The van der Waals surface area contributed by atoms with Gasteiger partial charge in [-0.15, -0.1) is 0 Å². The molecule has 0 spiro atoms. The third-order valence-corrected chi connectivity index (χ3v) is 4.98. The van der Waals surface area contributed by atoms with Gasteiger partial charge in [0.15, 0.2) is 6.61 Å². The maximum atomic E-state index is 11.8. The second-order valence-electron chi connectivity index (χ2n) is 5.05. The molecule has 6 heteroatoms. The first-order chi connectivity index (χ1) is 10.5. The van der Waals surface area contributed by atoms with E-state index in [-0.39, 0.29) is 5.25 Å². The average Bonchev–Trinajstić information content (AvgIpc) is 2.50. The van der Waals surface area contributed by atoms with Crippen LogP contribution < -0.4 is 0 Å². The van der Waals surface area contributed by atoms with Gasteiger partial charge in [0, 0.05) is 0 Å². The molecule has 0 unspecified atom stereocenters. The minimum Gasteiger partial charge on any atom is -0.479 e. The van der Waals surface area contributed by atoms with Gasteiger partial charge < -0.3 is 5.11 Å². The fourth-order valence-electron chi connectivity index (χ4n) is 2.16. The molecule has 0 fully saturated rings. The van der Waals surface area contributed by atoms with Crippen molar-refractivity contribution < 1.29 is 22.5 Å². The number of hydrogen-bond donors (Lipinski definition) is 1. The second-order valence-corrected chi connectivity index (χ2v) is 6.77. The van der Waals surface area contributed by atoms with Crippen molar-refractivity contribution in [1.82, 2.24) is 0 Å². The number of carbonyl (C=O) groups is 1. The lowest BCUT2D eigenvalue weighted by molar-refractivity contribution is -0.139. The number of carboxylic acid groups (broad SMARTS) is 1. The Hall–Kier alpha value is -1.40. The lowest BCUT2D eigenvalue weighted by Gasteiger charge is -2.13. The molecular weight excluding hydrogens is 304 g/mol. The summed E-state index contributed by atoms with van der Waals surface area (Å²) in [6.07, 6.45) is 4.42. The Morgan fingerprint density at radius 2 is 1.82 bits per heavy atom. The van der Waals surface area contributed by atoms with Crippen LogP contribution in [0.15, 0.2) is 30.3 Å². The van der Waals surface area contributed by atoms with E-state index in [4.69, 9.17) is 5.11 Å². The number of unbranched alkanes of at least 4 members (excludes halogenated alkanes) is 2. The highest BCUT2D eigenvalue weighted by molar-refractivity contribution is 7.89. The van der Waals surface area contributed by atoms with Crippen LogP contribution in [0.1, 0.15) is 44.6 Å². The van der Waals surface area contributed by atoms with Gasteiger partial charge in [-0.3, -0.25) is 4.18 Å². The lowest BCUT2D eigenvalue weighted by Crippen LogP contribution is -2.19. The van der Waals surface area contributed by atoms with Gasteiger partial charge in [0.05, 0.1) is 0 Å². The summed E-state index contributed by atoms with van der Waals surface area (Å²) < 4.78 is 28.2. The Morgan fingerprint density at radius 3 is 2.41 bits per heavy atom. The standard InChI is InChI=1S/C16H23O5S/c1-2-15(22(19,20)21-13-16(17)18)12-8-4-7-11-14-9-5-3-6-10-14/h3,5-6,9-10H,2,4,7-8,11-13H2,1H3,(H,17,18). The summed E-state index contributed by atoms with van der Waals surface area (Å²) in [5, 5.41) is 8.76. The molecule has 0 saturated carbocycles. The van der Waals surface area contributed by atoms with E-state index in [1.54, 1.807) is 6.92 Å². The molecule has 0 heterocycles. The van der Waals surface area contributed by atoms with Crippen molar-refractivity contribution in [2.75, 3.05) is 6.61 Å². The van der Waals surface area contributed by atoms with Gasteiger partial charge in [-0.05, 0) is 31.2 Å². The summed E-state index contributed by atoms with van der Waals surface area (Å²) in [6.45, 7) is 0.917. The van der Waals surface area contributed by atoms with Crippen molar-refractivity contribution in [2.45, 2.75) is 45.4 Å². The van der Waals surface area contributed by atoms with Crippen molar-refractivity contribution >= 4 is 16.1 Å². The molecule has 0 aliphatic rings. The maximum absolute atomic E-state index is 11.8. The highest BCUT2D eigenvalue weighted by atomic mass is 32.2. The predicted molar refractivity (Wildman–Crippen MR) is 84.7 cm³/mol.